The smallest absolute Gasteiger partial charge is 0.246 e. The first-order valence-electron chi connectivity index (χ1n) is 6.57. The molecule has 1 amide bonds. The van der Waals surface area contributed by atoms with Gasteiger partial charge in [0.05, 0.1) is 26.4 Å². The number of para-hydroxylation sites is 1. The Bertz CT molecular complexity index is 487. The molecule has 20 heavy (non-hydrogen) atoms. The molecule has 1 fully saturated rings. The van der Waals surface area contributed by atoms with Crippen LogP contribution in [0.3, 0.4) is 0 Å². The summed E-state index contributed by atoms with van der Waals surface area (Å²) < 4.78 is 10.5. The van der Waals surface area contributed by atoms with Crippen molar-refractivity contribution >= 4 is 12.0 Å². The highest BCUT2D eigenvalue weighted by Crippen LogP contribution is 2.18. The zero-order valence-corrected chi connectivity index (χ0v) is 11.5. The Balaban J connectivity index is 2.01. The molecule has 1 saturated heterocycles. The van der Waals surface area contributed by atoms with Gasteiger partial charge < -0.3 is 19.5 Å². The number of hydrogen-bond acceptors (Lipinski definition) is 4. The summed E-state index contributed by atoms with van der Waals surface area (Å²) in [4.78, 5) is 13.8. The van der Waals surface area contributed by atoms with Crippen molar-refractivity contribution in [1.29, 1.82) is 0 Å². The van der Waals surface area contributed by atoms with E-state index in [9.17, 15) is 4.79 Å². The third-order valence-electron chi connectivity index (χ3n) is 3.20. The predicted octanol–water partition coefficient (Wildman–Crippen LogP) is 0.928. The van der Waals surface area contributed by atoms with Gasteiger partial charge in [0.2, 0.25) is 5.91 Å². The fourth-order valence-corrected chi connectivity index (χ4v) is 2.10. The lowest BCUT2D eigenvalue weighted by Gasteiger charge is -2.31. The highest BCUT2D eigenvalue weighted by molar-refractivity contribution is 5.92. The summed E-state index contributed by atoms with van der Waals surface area (Å²) in [7, 11) is 1.60. The molecule has 1 aromatic rings. The SMILES string of the molecule is COc1ccccc1/C=C/C(=O)N1CCOC(CO)C1. The summed E-state index contributed by atoms with van der Waals surface area (Å²) in [5, 5.41) is 9.07. The van der Waals surface area contributed by atoms with Crippen LogP contribution in [-0.2, 0) is 9.53 Å². The van der Waals surface area contributed by atoms with Crippen LogP contribution in [0.4, 0.5) is 0 Å². The fraction of sp³-hybridized carbons (Fsp3) is 0.400. The maximum Gasteiger partial charge on any atom is 0.246 e. The third-order valence-corrected chi connectivity index (χ3v) is 3.20. The van der Waals surface area contributed by atoms with E-state index in [4.69, 9.17) is 14.6 Å². The van der Waals surface area contributed by atoms with Crippen LogP contribution in [0.2, 0.25) is 0 Å². The van der Waals surface area contributed by atoms with Crippen LogP contribution in [0.5, 0.6) is 5.75 Å². The molecule has 108 valence electrons. The van der Waals surface area contributed by atoms with Gasteiger partial charge in [0.25, 0.3) is 0 Å². The molecule has 0 saturated carbocycles. The summed E-state index contributed by atoms with van der Waals surface area (Å²) in [5.74, 6) is 0.643. The van der Waals surface area contributed by atoms with Crippen LogP contribution >= 0.6 is 0 Å². The maximum absolute atomic E-state index is 12.1. The van der Waals surface area contributed by atoms with Crippen LogP contribution in [-0.4, -0.2) is 55.4 Å². The second kappa shape index (κ2) is 7.07. The van der Waals surface area contributed by atoms with Crippen molar-refractivity contribution in [3.8, 4) is 5.75 Å². The number of rotatable bonds is 4. The molecule has 1 N–H and O–H groups in total. The molecule has 1 atom stereocenters. The lowest BCUT2D eigenvalue weighted by Crippen LogP contribution is -2.46. The maximum atomic E-state index is 12.1. The van der Waals surface area contributed by atoms with Crippen molar-refractivity contribution in [2.45, 2.75) is 6.10 Å². The first-order valence-corrected chi connectivity index (χ1v) is 6.57. The van der Waals surface area contributed by atoms with E-state index in [0.29, 0.717) is 19.7 Å². The van der Waals surface area contributed by atoms with Gasteiger partial charge in [0, 0.05) is 24.7 Å². The second-order valence-electron chi connectivity index (χ2n) is 4.53. The summed E-state index contributed by atoms with van der Waals surface area (Å²) in [6.45, 7) is 1.36. The zero-order valence-electron chi connectivity index (χ0n) is 11.5. The molecule has 5 nitrogen and oxygen atoms in total. The predicted molar refractivity (Wildman–Crippen MR) is 75.4 cm³/mol. The van der Waals surface area contributed by atoms with Crippen molar-refractivity contribution in [3.63, 3.8) is 0 Å². The van der Waals surface area contributed by atoms with Crippen molar-refractivity contribution in [1.82, 2.24) is 4.90 Å². The molecule has 0 spiro atoms. The number of hydrogen-bond donors (Lipinski definition) is 1. The van der Waals surface area contributed by atoms with Crippen molar-refractivity contribution in [2.75, 3.05) is 33.4 Å². The largest absolute Gasteiger partial charge is 0.496 e. The Kier molecular flexibility index (Phi) is 5.15. The van der Waals surface area contributed by atoms with Gasteiger partial charge in [-0.2, -0.15) is 0 Å². The van der Waals surface area contributed by atoms with Crippen LogP contribution in [0.25, 0.3) is 6.08 Å². The van der Waals surface area contributed by atoms with Crippen molar-refractivity contribution in [2.24, 2.45) is 0 Å². The molecule has 1 unspecified atom stereocenters. The number of aliphatic hydroxyl groups excluding tert-OH is 1. The topological polar surface area (TPSA) is 59.0 Å². The zero-order chi connectivity index (χ0) is 14.4. The summed E-state index contributed by atoms with van der Waals surface area (Å²) in [6, 6.07) is 7.51. The van der Waals surface area contributed by atoms with Crippen LogP contribution < -0.4 is 4.74 Å². The van der Waals surface area contributed by atoms with E-state index < -0.39 is 0 Å². The molecule has 1 aliphatic rings. The van der Waals surface area contributed by atoms with Gasteiger partial charge in [0.15, 0.2) is 0 Å². The number of benzene rings is 1. The molecule has 0 aliphatic carbocycles. The van der Waals surface area contributed by atoms with Crippen molar-refractivity contribution < 1.29 is 19.4 Å². The van der Waals surface area contributed by atoms with E-state index in [1.54, 1.807) is 18.1 Å². The minimum Gasteiger partial charge on any atom is -0.496 e. The normalized spacial score (nSPS) is 19.3. The van der Waals surface area contributed by atoms with Gasteiger partial charge in [-0.25, -0.2) is 0 Å². The van der Waals surface area contributed by atoms with Gasteiger partial charge >= 0.3 is 0 Å². The molecule has 0 aromatic heterocycles. The Hall–Kier alpha value is -1.85. The van der Waals surface area contributed by atoms with E-state index >= 15 is 0 Å². The van der Waals surface area contributed by atoms with Gasteiger partial charge in [-0.15, -0.1) is 0 Å². The van der Waals surface area contributed by atoms with Crippen molar-refractivity contribution in [3.05, 3.63) is 35.9 Å². The van der Waals surface area contributed by atoms with Gasteiger partial charge in [0.1, 0.15) is 5.75 Å². The Morgan fingerprint density at radius 3 is 3.10 bits per heavy atom. The average Bonchev–Trinajstić information content (AvgIpc) is 2.52. The number of morpholine rings is 1. The minimum atomic E-state index is -0.285. The number of carbonyl (C=O) groups excluding carboxylic acids is 1. The fourth-order valence-electron chi connectivity index (χ4n) is 2.10. The Morgan fingerprint density at radius 1 is 1.55 bits per heavy atom. The summed E-state index contributed by atoms with van der Waals surface area (Å²) in [5.41, 5.74) is 0.857. The standard InChI is InChI=1S/C15H19NO4/c1-19-14-5-3-2-4-12(14)6-7-15(18)16-8-9-20-13(10-16)11-17/h2-7,13,17H,8-11H2,1H3/b7-6+. The van der Waals surface area contributed by atoms with Crippen LogP contribution in [0.1, 0.15) is 5.56 Å². The van der Waals surface area contributed by atoms with Crippen LogP contribution in [0, 0.1) is 0 Å². The summed E-state index contributed by atoms with van der Waals surface area (Å²) in [6.07, 6.45) is 2.98. The van der Waals surface area contributed by atoms with Gasteiger partial charge in [-0.1, -0.05) is 18.2 Å². The number of nitrogens with zero attached hydrogens (tertiary/aromatic N) is 1. The minimum absolute atomic E-state index is 0.0694. The molecule has 0 bridgehead atoms. The number of methoxy groups -OCH3 is 1. The molecule has 1 aromatic carbocycles. The number of aliphatic hydroxyl groups is 1. The molecule has 1 aliphatic heterocycles. The van der Waals surface area contributed by atoms with Gasteiger partial charge in [-0.05, 0) is 12.1 Å². The lowest BCUT2D eigenvalue weighted by atomic mass is 10.2. The first-order chi connectivity index (χ1) is 9.74. The first kappa shape index (κ1) is 14.6. The van der Waals surface area contributed by atoms with E-state index in [2.05, 4.69) is 0 Å². The van der Waals surface area contributed by atoms with Crippen LogP contribution in [0.15, 0.2) is 30.3 Å². The summed E-state index contributed by atoms with van der Waals surface area (Å²) >= 11 is 0. The molecule has 0 radical (unpaired) electrons. The molecule has 5 heteroatoms. The monoisotopic (exact) mass is 277 g/mol. The van der Waals surface area contributed by atoms with E-state index in [0.717, 1.165) is 11.3 Å². The third kappa shape index (κ3) is 3.59. The molecular formula is C15H19NO4. The Labute approximate surface area is 118 Å². The van der Waals surface area contributed by atoms with E-state index in [1.807, 2.05) is 24.3 Å². The highest BCUT2D eigenvalue weighted by Gasteiger charge is 2.22. The molecule has 2 rings (SSSR count). The molecular weight excluding hydrogens is 258 g/mol. The van der Waals surface area contributed by atoms with E-state index in [-0.39, 0.29) is 18.6 Å². The second-order valence-corrected chi connectivity index (χ2v) is 4.53. The highest BCUT2D eigenvalue weighted by atomic mass is 16.5. The van der Waals surface area contributed by atoms with Gasteiger partial charge in [-0.3, -0.25) is 4.79 Å². The number of carbonyl (C=O) groups is 1. The Morgan fingerprint density at radius 2 is 2.35 bits per heavy atom. The lowest BCUT2D eigenvalue weighted by molar-refractivity contribution is -0.134. The number of amides is 1. The molecule has 1 heterocycles. The number of ether oxygens (including phenoxy) is 2. The average molecular weight is 277 g/mol. The quantitative estimate of drug-likeness (QED) is 0.832. The van der Waals surface area contributed by atoms with E-state index in [1.165, 1.54) is 6.08 Å².